The maximum Gasteiger partial charge on any atom is 0.0792 e. The van der Waals surface area contributed by atoms with E-state index in [1.165, 1.54) is 50.5 Å². The monoisotopic (exact) mass is 270 g/mol. The van der Waals surface area contributed by atoms with E-state index >= 15 is 0 Å². The van der Waals surface area contributed by atoms with Crippen LogP contribution in [0.5, 0.6) is 0 Å². The third-order valence-electron chi connectivity index (χ3n) is 6.28. The molecule has 0 heterocycles. The Labute approximate surface area is 122 Å². The van der Waals surface area contributed by atoms with Crippen molar-refractivity contribution < 1.29 is 5.11 Å². The molecule has 0 saturated heterocycles. The fourth-order valence-electron chi connectivity index (χ4n) is 4.85. The van der Waals surface area contributed by atoms with Crippen LogP contribution in [0.25, 0.3) is 0 Å². The molecule has 1 aromatic rings. The van der Waals surface area contributed by atoms with Gasteiger partial charge in [-0.1, -0.05) is 37.1 Å². The highest BCUT2D eigenvalue weighted by Crippen LogP contribution is 2.51. The van der Waals surface area contributed by atoms with Crippen LogP contribution in [0.3, 0.4) is 0 Å². The fraction of sp³-hybridized carbons (Fsp3) is 0.684. The Morgan fingerprint density at radius 3 is 2.65 bits per heavy atom. The van der Waals surface area contributed by atoms with Crippen molar-refractivity contribution in [2.75, 3.05) is 0 Å². The lowest BCUT2D eigenvalue weighted by molar-refractivity contribution is 0.125. The summed E-state index contributed by atoms with van der Waals surface area (Å²) >= 11 is 0. The van der Waals surface area contributed by atoms with Crippen molar-refractivity contribution in [3.8, 4) is 0 Å². The van der Waals surface area contributed by atoms with E-state index in [4.69, 9.17) is 0 Å². The minimum Gasteiger partial charge on any atom is -0.388 e. The van der Waals surface area contributed by atoms with E-state index in [1.54, 1.807) is 0 Å². The van der Waals surface area contributed by atoms with Gasteiger partial charge in [0.25, 0.3) is 0 Å². The van der Waals surface area contributed by atoms with Gasteiger partial charge in [0.1, 0.15) is 0 Å². The summed E-state index contributed by atoms with van der Waals surface area (Å²) in [6.07, 6.45) is 10.5. The van der Waals surface area contributed by atoms with Gasteiger partial charge in [-0.15, -0.1) is 0 Å². The van der Waals surface area contributed by atoms with Gasteiger partial charge < -0.3 is 5.11 Å². The lowest BCUT2D eigenvalue weighted by atomic mass is 9.79. The second-order valence-corrected chi connectivity index (χ2v) is 7.48. The van der Waals surface area contributed by atoms with Crippen LogP contribution in [0.15, 0.2) is 24.3 Å². The molecular formula is C19H26O. The van der Waals surface area contributed by atoms with Crippen LogP contribution in [-0.4, -0.2) is 5.11 Å². The zero-order chi connectivity index (χ0) is 13.5. The van der Waals surface area contributed by atoms with Crippen molar-refractivity contribution in [2.24, 2.45) is 17.8 Å². The van der Waals surface area contributed by atoms with Gasteiger partial charge in [0.2, 0.25) is 0 Å². The lowest BCUT2D eigenvalue weighted by Crippen LogP contribution is -2.15. The molecule has 0 radical (unpaired) electrons. The number of aliphatic hydroxyl groups is 1. The van der Waals surface area contributed by atoms with E-state index in [0.717, 1.165) is 35.7 Å². The van der Waals surface area contributed by atoms with Gasteiger partial charge in [0, 0.05) is 0 Å². The van der Waals surface area contributed by atoms with Crippen molar-refractivity contribution in [1.82, 2.24) is 0 Å². The third kappa shape index (κ3) is 2.30. The number of hydrogen-bond acceptors (Lipinski definition) is 1. The molecule has 108 valence electrons. The van der Waals surface area contributed by atoms with Crippen LogP contribution in [0.2, 0.25) is 0 Å². The first-order chi connectivity index (χ1) is 9.79. The number of benzene rings is 1. The molecule has 3 aliphatic rings. The highest BCUT2D eigenvalue weighted by Gasteiger charge is 2.40. The first kappa shape index (κ1) is 12.9. The molecule has 3 aliphatic carbocycles. The van der Waals surface area contributed by atoms with Crippen LogP contribution < -0.4 is 0 Å². The van der Waals surface area contributed by atoms with Crippen molar-refractivity contribution in [3.05, 3.63) is 35.4 Å². The molecule has 1 heteroatoms. The Bertz CT molecular complexity index is 476. The van der Waals surface area contributed by atoms with Crippen LogP contribution >= 0.6 is 0 Å². The summed E-state index contributed by atoms with van der Waals surface area (Å²) < 4.78 is 0. The zero-order valence-electron chi connectivity index (χ0n) is 12.3. The molecule has 2 bridgehead atoms. The first-order valence-electron chi connectivity index (χ1n) is 8.57. The number of rotatable bonds is 4. The van der Waals surface area contributed by atoms with E-state index in [2.05, 4.69) is 24.3 Å². The maximum atomic E-state index is 10.6. The average molecular weight is 270 g/mol. The minimum absolute atomic E-state index is 0.237. The van der Waals surface area contributed by atoms with Crippen molar-refractivity contribution >= 4 is 0 Å². The molecule has 0 spiro atoms. The van der Waals surface area contributed by atoms with Crippen LogP contribution in [0, 0.1) is 17.8 Å². The minimum atomic E-state index is -0.237. The Balaban J connectivity index is 1.43. The maximum absolute atomic E-state index is 10.6. The molecule has 3 fully saturated rings. The molecule has 4 unspecified atom stereocenters. The molecule has 0 aliphatic heterocycles. The van der Waals surface area contributed by atoms with Crippen molar-refractivity contribution in [1.29, 1.82) is 0 Å². The van der Waals surface area contributed by atoms with E-state index in [1.807, 2.05) is 0 Å². The Hall–Kier alpha value is -0.820. The van der Waals surface area contributed by atoms with E-state index in [9.17, 15) is 5.11 Å². The Morgan fingerprint density at radius 2 is 2.00 bits per heavy atom. The topological polar surface area (TPSA) is 20.2 Å². The highest BCUT2D eigenvalue weighted by molar-refractivity contribution is 5.29. The zero-order valence-corrected chi connectivity index (χ0v) is 12.3. The summed E-state index contributed by atoms with van der Waals surface area (Å²) in [5, 5.41) is 10.6. The molecule has 1 N–H and O–H groups in total. The molecule has 1 aromatic carbocycles. The van der Waals surface area contributed by atoms with E-state index < -0.39 is 0 Å². The normalized spacial score (nSPS) is 34.1. The summed E-state index contributed by atoms with van der Waals surface area (Å²) in [6.45, 7) is 0. The van der Waals surface area contributed by atoms with Gasteiger partial charge in [-0.2, -0.15) is 0 Å². The third-order valence-corrected chi connectivity index (χ3v) is 6.28. The van der Waals surface area contributed by atoms with Crippen LogP contribution in [0.4, 0.5) is 0 Å². The molecule has 3 saturated carbocycles. The highest BCUT2D eigenvalue weighted by atomic mass is 16.3. The standard InChI is InChI=1S/C19H26O/c20-19(12-18-10-13-7-8-16(18)9-13)17-6-2-5-15(11-17)14-3-1-4-14/h2,5-6,11,13-14,16,18-20H,1,3-4,7-10,12H2. The summed E-state index contributed by atoms with van der Waals surface area (Å²) in [5.74, 6) is 3.46. The summed E-state index contributed by atoms with van der Waals surface area (Å²) in [5.41, 5.74) is 2.62. The molecule has 4 atom stereocenters. The number of hydrogen-bond donors (Lipinski definition) is 1. The van der Waals surface area contributed by atoms with Gasteiger partial charge in [-0.25, -0.2) is 0 Å². The quantitative estimate of drug-likeness (QED) is 0.832. The molecule has 0 aromatic heterocycles. The average Bonchev–Trinajstić information content (AvgIpc) is 2.99. The smallest absolute Gasteiger partial charge is 0.0792 e. The van der Waals surface area contributed by atoms with Gasteiger partial charge in [-0.3, -0.25) is 0 Å². The Kier molecular flexibility index (Phi) is 3.34. The fourth-order valence-corrected chi connectivity index (χ4v) is 4.85. The van der Waals surface area contributed by atoms with Crippen molar-refractivity contribution in [3.63, 3.8) is 0 Å². The molecule has 4 rings (SSSR count). The predicted molar refractivity (Wildman–Crippen MR) is 81.5 cm³/mol. The van der Waals surface area contributed by atoms with Gasteiger partial charge in [0.05, 0.1) is 6.10 Å². The molecule has 0 amide bonds. The SMILES string of the molecule is OC(CC1CC2CCC1C2)c1cccc(C2CCC2)c1. The molecule has 20 heavy (non-hydrogen) atoms. The largest absolute Gasteiger partial charge is 0.388 e. The number of aliphatic hydroxyl groups excluding tert-OH is 1. The van der Waals surface area contributed by atoms with Crippen LogP contribution in [0.1, 0.15) is 74.5 Å². The van der Waals surface area contributed by atoms with Gasteiger partial charge in [-0.05, 0) is 73.3 Å². The first-order valence-corrected chi connectivity index (χ1v) is 8.57. The molecular weight excluding hydrogens is 244 g/mol. The number of fused-ring (bicyclic) bond motifs is 2. The van der Waals surface area contributed by atoms with E-state index in [-0.39, 0.29) is 6.10 Å². The van der Waals surface area contributed by atoms with E-state index in [0.29, 0.717) is 0 Å². The lowest BCUT2D eigenvalue weighted by Gasteiger charge is -2.27. The predicted octanol–water partition coefficient (Wildman–Crippen LogP) is 4.81. The summed E-state index contributed by atoms with van der Waals surface area (Å²) in [7, 11) is 0. The molecule has 1 nitrogen and oxygen atoms in total. The second-order valence-electron chi connectivity index (χ2n) is 7.48. The second kappa shape index (κ2) is 5.18. The Morgan fingerprint density at radius 1 is 1.10 bits per heavy atom. The summed E-state index contributed by atoms with van der Waals surface area (Å²) in [4.78, 5) is 0. The summed E-state index contributed by atoms with van der Waals surface area (Å²) in [6, 6.07) is 8.80. The van der Waals surface area contributed by atoms with Crippen LogP contribution in [-0.2, 0) is 0 Å². The van der Waals surface area contributed by atoms with Gasteiger partial charge in [0.15, 0.2) is 0 Å². The van der Waals surface area contributed by atoms with Gasteiger partial charge >= 0.3 is 0 Å². The van der Waals surface area contributed by atoms with Crippen molar-refractivity contribution in [2.45, 2.75) is 63.4 Å².